The summed E-state index contributed by atoms with van der Waals surface area (Å²) in [5.74, 6) is 0.797. The highest BCUT2D eigenvalue weighted by Crippen LogP contribution is 2.24. The van der Waals surface area contributed by atoms with Crippen molar-refractivity contribution in [1.82, 2.24) is 4.98 Å². The molecule has 1 aromatic heterocycles. The number of aromatic nitrogens is 1. The van der Waals surface area contributed by atoms with Gasteiger partial charge in [0.1, 0.15) is 5.82 Å². The van der Waals surface area contributed by atoms with Crippen LogP contribution >= 0.6 is 0 Å². The van der Waals surface area contributed by atoms with Crippen LogP contribution in [-0.4, -0.2) is 24.2 Å². The van der Waals surface area contributed by atoms with Gasteiger partial charge < -0.3 is 15.0 Å². The highest BCUT2D eigenvalue weighted by atomic mass is 16.5. The molecule has 0 bridgehead atoms. The fourth-order valence-electron chi connectivity index (χ4n) is 2.79. The molecule has 1 aromatic carbocycles. The van der Waals surface area contributed by atoms with Gasteiger partial charge in [0.2, 0.25) is 0 Å². The van der Waals surface area contributed by atoms with Crippen molar-refractivity contribution in [2.24, 2.45) is 0 Å². The Balaban J connectivity index is 1.84. The van der Waals surface area contributed by atoms with Gasteiger partial charge in [-0.3, -0.25) is 4.79 Å². The van der Waals surface area contributed by atoms with Gasteiger partial charge in [0.15, 0.2) is 0 Å². The quantitative estimate of drug-likeness (QED) is 0.889. The van der Waals surface area contributed by atoms with Crippen LogP contribution in [0.25, 0.3) is 10.8 Å². The van der Waals surface area contributed by atoms with E-state index in [9.17, 15) is 4.79 Å². The van der Waals surface area contributed by atoms with E-state index >= 15 is 0 Å². The first-order valence-electron chi connectivity index (χ1n) is 6.67. The fraction of sp³-hybridized carbons (Fsp3) is 0.400. The molecule has 1 aliphatic carbocycles. The van der Waals surface area contributed by atoms with Gasteiger partial charge >= 0.3 is 0 Å². The number of aromatic amines is 1. The molecule has 19 heavy (non-hydrogen) atoms. The van der Waals surface area contributed by atoms with Crippen molar-refractivity contribution < 1.29 is 4.74 Å². The second-order valence-corrected chi connectivity index (χ2v) is 5.11. The minimum Gasteiger partial charge on any atom is -0.381 e. The number of pyridine rings is 1. The van der Waals surface area contributed by atoms with Gasteiger partial charge in [0.25, 0.3) is 5.56 Å². The molecule has 2 unspecified atom stereocenters. The molecule has 0 amide bonds. The molecule has 3 rings (SSSR count). The Bertz CT molecular complexity index is 635. The standard InChI is InChI=1S/C15H18N2O2/c1-19-12-7-6-11(9-12)16-14-8-10-4-2-3-5-13(10)15(18)17-14/h2-5,8,11-12H,6-7,9H2,1H3,(H2,16,17,18). The van der Waals surface area contributed by atoms with Crippen molar-refractivity contribution in [3.05, 3.63) is 40.7 Å². The van der Waals surface area contributed by atoms with Gasteiger partial charge in [-0.25, -0.2) is 0 Å². The minimum absolute atomic E-state index is 0.0399. The Morgan fingerprint density at radius 3 is 2.95 bits per heavy atom. The zero-order valence-electron chi connectivity index (χ0n) is 11.0. The van der Waals surface area contributed by atoms with Crippen molar-refractivity contribution in [1.29, 1.82) is 0 Å². The topological polar surface area (TPSA) is 54.1 Å². The molecule has 2 N–H and O–H groups in total. The molecular formula is C15H18N2O2. The zero-order valence-corrected chi connectivity index (χ0v) is 11.0. The molecule has 1 aliphatic rings. The summed E-state index contributed by atoms with van der Waals surface area (Å²) in [4.78, 5) is 14.9. The normalized spacial score (nSPS) is 22.8. The Morgan fingerprint density at radius 1 is 1.32 bits per heavy atom. The molecule has 4 heteroatoms. The number of H-pyrrole nitrogens is 1. The molecular weight excluding hydrogens is 240 g/mol. The third kappa shape index (κ3) is 2.49. The van der Waals surface area contributed by atoms with Crippen molar-refractivity contribution >= 4 is 16.6 Å². The first kappa shape index (κ1) is 12.2. The molecule has 2 atom stereocenters. The summed E-state index contributed by atoms with van der Waals surface area (Å²) in [5.41, 5.74) is -0.0399. The molecule has 0 radical (unpaired) electrons. The summed E-state index contributed by atoms with van der Waals surface area (Å²) in [6, 6.07) is 10.0. The van der Waals surface area contributed by atoms with Crippen LogP contribution in [0.2, 0.25) is 0 Å². The summed E-state index contributed by atoms with van der Waals surface area (Å²) in [5, 5.41) is 5.10. The van der Waals surface area contributed by atoms with Gasteiger partial charge in [0.05, 0.1) is 6.10 Å². The van der Waals surface area contributed by atoms with Crippen LogP contribution in [0.3, 0.4) is 0 Å². The van der Waals surface area contributed by atoms with E-state index in [0.29, 0.717) is 12.1 Å². The van der Waals surface area contributed by atoms with E-state index < -0.39 is 0 Å². The highest BCUT2D eigenvalue weighted by molar-refractivity contribution is 5.83. The van der Waals surface area contributed by atoms with E-state index in [2.05, 4.69) is 10.3 Å². The highest BCUT2D eigenvalue weighted by Gasteiger charge is 2.24. The van der Waals surface area contributed by atoms with Crippen LogP contribution in [0, 0.1) is 0 Å². The number of rotatable bonds is 3. The van der Waals surface area contributed by atoms with Gasteiger partial charge in [-0.05, 0) is 36.8 Å². The number of hydrogen-bond acceptors (Lipinski definition) is 3. The third-order valence-electron chi connectivity index (χ3n) is 3.83. The Morgan fingerprint density at radius 2 is 2.16 bits per heavy atom. The Labute approximate surface area is 111 Å². The number of benzene rings is 1. The number of anilines is 1. The van der Waals surface area contributed by atoms with E-state index in [1.165, 1.54) is 0 Å². The zero-order chi connectivity index (χ0) is 13.2. The number of hydrogen-bond donors (Lipinski definition) is 2. The molecule has 4 nitrogen and oxygen atoms in total. The second kappa shape index (κ2) is 5.05. The van der Waals surface area contributed by atoms with E-state index in [-0.39, 0.29) is 5.56 Å². The molecule has 0 aliphatic heterocycles. The van der Waals surface area contributed by atoms with E-state index in [1.54, 1.807) is 7.11 Å². The van der Waals surface area contributed by atoms with Crippen LogP contribution in [0.1, 0.15) is 19.3 Å². The third-order valence-corrected chi connectivity index (χ3v) is 3.83. The van der Waals surface area contributed by atoms with E-state index in [4.69, 9.17) is 4.74 Å². The minimum atomic E-state index is -0.0399. The molecule has 1 heterocycles. The SMILES string of the molecule is COC1CCC(Nc2cc3ccccc3c(=O)[nH]2)C1. The van der Waals surface area contributed by atoms with Crippen molar-refractivity contribution in [2.45, 2.75) is 31.4 Å². The van der Waals surface area contributed by atoms with Crippen LogP contribution in [0.15, 0.2) is 35.1 Å². The lowest BCUT2D eigenvalue weighted by molar-refractivity contribution is 0.108. The predicted octanol–water partition coefficient (Wildman–Crippen LogP) is 2.51. The first-order valence-corrected chi connectivity index (χ1v) is 6.67. The smallest absolute Gasteiger partial charge is 0.257 e. The summed E-state index contributed by atoms with van der Waals surface area (Å²) in [7, 11) is 1.75. The van der Waals surface area contributed by atoms with Crippen LogP contribution < -0.4 is 10.9 Å². The Hall–Kier alpha value is -1.81. The number of methoxy groups -OCH3 is 1. The lowest BCUT2D eigenvalue weighted by Gasteiger charge is -2.14. The van der Waals surface area contributed by atoms with Crippen LogP contribution in [-0.2, 0) is 4.74 Å². The molecule has 0 spiro atoms. The summed E-state index contributed by atoms with van der Waals surface area (Å²) >= 11 is 0. The van der Waals surface area contributed by atoms with Gasteiger partial charge in [0, 0.05) is 18.5 Å². The van der Waals surface area contributed by atoms with Crippen LogP contribution in [0.5, 0.6) is 0 Å². The number of nitrogens with one attached hydrogen (secondary N) is 2. The van der Waals surface area contributed by atoms with Crippen molar-refractivity contribution in [3.8, 4) is 0 Å². The lowest BCUT2D eigenvalue weighted by atomic mass is 10.1. The fourth-order valence-corrected chi connectivity index (χ4v) is 2.79. The molecule has 2 aromatic rings. The summed E-state index contributed by atoms with van der Waals surface area (Å²) < 4.78 is 5.36. The average molecular weight is 258 g/mol. The van der Waals surface area contributed by atoms with Crippen LogP contribution in [0.4, 0.5) is 5.82 Å². The second-order valence-electron chi connectivity index (χ2n) is 5.11. The van der Waals surface area contributed by atoms with Crippen molar-refractivity contribution in [2.75, 3.05) is 12.4 Å². The van der Waals surface area contributed by atoms with E-state index in [1.807, 2.05) is 30.3 Å². The maximum Gasteiger partial charge on any atom is 0.257 e. The largest absolute Gasteiger partial charge is 0.381 e. The molecule has 0 saturated heterocycles. The summed E-state index contributed by atoms with van der Waals surface area (Å²) in [6.07, 6.45) is 3.48. The Kier molecular flexibility index (Phi) is 3.25. The summed E-state index contributed by atoms with van der Waals surface area (Å²) in [6.45, 7) is 0. The van der Waals surface area contributed by atoms with E-state index in [0.717, 1.165) is 35.9 Å². The molecule has 1 saturated carbocycles. The van der Waals surface area contributed by atoms with Gasteiger partial charge in [-0.1, -0.05) is 18.2 Å². The van der Waals surface area contributed by atoms with Gasteiger partial charge in [-0.2, -0.15) is 0 Å². The predicted molar refractivity (Wildman–Crippen MR) is 76.6 cm³/mol. The first-order chi connectivity index (χ1) is 9.26. The van der Waals surface area contributed by atoms with Crippen molar-refractivity contribution in [3.63, 3.8) is 0 Å². The number of fused-ring (bicyclic) bond motifs is 1. The average Bonchev–Trinajstić information content (AvgIpc) is 2.86. The van der Waals surface area contributed by atoms with Gasteiger partial charge in [-0.15, -0.1) is 0 Å². The molecule has 100 valence electrons. The number of ether oxygens (including phenoxy) is 1. The maximum atomic E-state index is 12.0. The lowest BCUT2D eigenvalue weighted by Crippen LogP contribution is -2.20. The molecule has 1 fully saturated rings. The monoisotopic (exact) mass is 258 g/mol. The maximum absolute atomic E-state index is 12.0.